The smallest absolute Gasteiger partial charge is 0.438 e. The Morgan fingerprint density at radius 2 is 1.70 bits per heavy atom. The molecule has 1 heterocycles. The normalized spacial score (nSPS) is 14.7. The Morgan fingerprint density at radius 1 is 1.03 bits per heavy atom. The van der Waals surface area contributed by atoms with Crippen LogP contribution in [-0.2, 0) is 15.7 Å². The number of amides is 1. The number of halogens is 6. The maximum absolute atomic E-state index is 13.4. The number of hydrogen-bond donors (Lipinski definition) is 1. The number of methoxy groups -OCH3 is 1. The number of nitrogens with zero attached hydrogens (tertiary/aromatic N) is 1. The minimum absolute atomic E-state index is 0.152. The lowest BCUT2D eigenvalue weighted by Gasteiger charge is -2.34. The maximum Gasteiger partial charge on any atom is 0.508 e. The Morgan fingerprint density at radius 3 is 2.27 bits per heavy atom. The van der Waals surface area contributed by atoms with Gasteiger partial charge in [0.15, 0.2) is 0 Å². The Labute approximate surface area is 202 Å². The van der Waals surface area contributed by atoms with Crippen LogP contribution in [0.15, 0.2) is 30.3 Å². The Kier molecular flexibility index (Phi) is 7.87. The van der Waals surface area contributed by atoms with Crippen LogP contribution in [0, 0.1) is 0 Å². The van der Waals surface area contributed by atoms with Gasteiger partial charge in [0.25, 0.3) is 5.91 Å². The quantitative estimate of drug-likeness (QED) is 0.452. The summed E-state index contributed by atoms with van der Waals surface area (Å²) in [6.45, 7) is 0.583. The number of alkyl halides is 3. The standard InChI is InChI=1S/C21H18Cl3F3N2O4/c1-32-20(31)33-13-4-6-29(7-5-13)18-14(8-11(9-17(18)24)21(25,26)27)19(30)28-12-2-3-15(22)16(23)10-12/h2-3,8-10,13H,4-7H2,1H3,(H,28,30). The molecule has 0 aromatic heterocycles. The van der Waals surface area contributed by atoms with Crippen molar-refractivity contribution in [3.8, 4) is 0 Å². The summed E-state index contributed by atoms with van der Waals surface area (Å²) < 4.78 is 49.9. The van der Waals surface area contributed by atoms with Gasteiger partial charge >= 0.3 is 12.3 Å². The maximum atomic E-state index is 13.4. The molecular weight excluding hydrogens is 508 g/mol. The topological polar surface area (TPSA) is 67.9 Å². The van der Waals surface area contributed by atoms with E-state index in [2.05, 4.69) is 10.1 Å². The van der Waals surface area contributed by atoms with E-state index >= 15 is 0 Å². The number of rotatable bonds is 4. The molecule has 0 unspecified atom stereocenters. The van der Waals surface area contributed by atoms with Crippen molar-refractivity contribution in [1.82, 2.24) is 0 Å². The molecule has 12 heteroatoms. The highest BCUT2D eigenvalue weighted by Gasteiger charge is 2.35. The number of hydrogen-bond acceptors (Lipinski definition) is 5. The van der Waals surface area contributed by atoms with E-state index in [0.717, 1.165) is 12.1 Å². The summed E-state index contributed by atoms with van der Waals surface area (Å²) in [6.07, 6.45) is -5.19. The van der Waals surface area contributed by atoms with Gasteiger partial charge in [-0.3, -0.25) is 4.79 Å². The largest absolute Gasteiger partial charge is 0.508 e. The molecular formula is C21H18Cl3F3N2O4. The van der Waals surface area contributed by atoms with Crippen LogP contribution >= 0.6 is 34.8 Å². The molecule has 0 bridgehead atoms. The first-order valence-electron chi connectivity index (χ1n) is 9.66. The lowest BCUT2D eigenvalue weighted by atomic mass is 10.0. The van der Waals surface area contributed by atoms with Gasteiger partial charge in [0.1, 0.15) is 6.10 Å². The Bertz CT molecular complexity index is 1060. The van der Waals surface area contributed by atoms with Crippen molar-refractivity contribution in [3.63, 3.8) is 0 Å². The van der Waals surface area contributed by atoms with Crippen molar-refractivity contribution in [2.75, 3.05) is 30.4 Å². The van der Waals surface area contributed by atoms with Gasteiger partial charge < -0.3 is 19.7 Å². The highest BCUT2D eigenvalue weighted by molar-refractivity contribution is 6.42. The molecule has 1 saturated heterocycles. The summed E-state index contributed by atoms with van der Waals surface area (Å²) >= 11 is 18.1. The summed E-state index contributed by atoms with van der Waals surface area (Å²) in [4.78, 5) is 26.0. The third kappa shape index (κ3) is 6.16. The predicted molar refractivity (Wildman–Crippen MR) is 120 cm³/mol. The fourth-order valence-corrected chi connectivity index (χ4v) is 4.05. The second kappa shape index (κ2) is 10.3. The van der Waals surface area contributed by atoms with Gasteiger partial charge in [-0.2, -0.15) is 13.2 Å². The van der Waals surface area contributed by atoms with Crippen molar-refractivity contribution >= 4 is 58.2 Å². The molecule has 1 N–H and O–H groups in total. The molecule has 0 radical (unpaired) electrons. The van der Waals surface area contributed by atoms with Crippen molar-refractivity contribution in [1.29, 1.82) is 0 Å². The highest BCUT2D eigenvalue weighted by atomic mass is 35.5. The summed E-state index contributed by atoms with van der Waals surface area (Å²) in [5.41, 5.74) is -0.912. The van der Waals surface area contributed by atoms with Gasteiger partial charge in [-0.25, -0.2) is 4.79 Å². The molecule has 0 saturated carbocycles. The molecule has 3 rings (SSSR count). The molecule has 178 valence electrons. The number of benzene rings is 2. The molecule has 1 aliphatic rings. The van der Waals surface area contributed by atoms with E-state index in [0.29, 0.717) is 25.9 Å². The minimum atomic E-state index is -4.71. The van der Waals surface area contributed by atoms with E-state index in [9.17, 15) is 22.8 Å². The SMILES string of the molecule is COC(=O)OC1CCN(c2c(Cl)cc(C(F)(F)F)cc2C(=O)Nc2ccc(Cl)c(Cl)c2)CC1. The van der Waals surface area contributed by atoms with Crippen LogP contribution < -0.4 is 10.2 Å². The van der Waals surface area contributed by atoms with Gasteiger partial charge in [0, 0.05) is 31.6 Å². The monoisotopic (exact) mass is 524 g/mol. The van der Waals surface area contributed by atoms with Crippen molar-refractivity contribution < 1.29 is 32.2 Å². The fraction of sp³-hybridized carbons (Fsp3) is 0.333. The van der Waals surface area contributed by atoms with Crippen molar-refractivity contribution in [3.05, 3.63) is 56.5 Å². The second-order valence-corrected chi connectivity index (χ2v) is 8.41. The number of nitrogens with one attached hydrogen (secondary N) is 1. The van der Waals surface area contributed by atoms with E-state index in [-0.39, 0.29) is 32.0 Å². The van der Waals surface area contributed by atoms with Gasteiger partial charge in [0.05, 0.1) is 39.0 Å². The number of anilines is 2. The summed E-state index contributed by atoms with van der Waals surface area (Å²) in [7, 11) is 1.19. The third-order valence-corrected chi connectivity index (χ3v) is 6.03. The van der Waals surface area contributed by atoms with Gasteiger partial charge in [-0.15, -0.1) is 0 Å². The Hall–Kier alpha value is -2.36. The lowest BCUT2D eigenvalue weighted by molar-refractivity contribution is -0.137. The first-order chi connectivity index (χ1) is 15.5. The predicted octanol–water partition coefficient (Wildman–Crippen LogP) is 6.67. The van der Waals surface area contributed by atoms with E-state index < -0.39 is 29.9 Å². The van der Waals surface area contributed by atoms with E-state index in [1.54, 1.807) is 4.90 Å². The van der Waals surface area contributed by atoms with Crippen molar-refractivity contribution in [2.45, 2.75) is 25.1 Å². The molecule has 33 heavy (non-hydrogen) atoms. The van der Waals surface area contributed by atoms with Crippen LogP contribution in [-0.4, -0.2) is 38.4 Å². The molecule has 2 aromatic rings. The number of carbonyl (C=O) groups is 2. The van der Waals surface area contributed by atoms with Crippen LogP contribution in [0.25, 0.3) is 0 Å². The minimum Gasteiger partial charge on any atom is -0.438 e. The van der Waals surface area contributed by atoms with E-state index in [4.69, 9.17) is 39.5 Å². The molecule has 6 nitrogen and oxygen atoms in total. The highest BCUT2D eigenvalue weighted by Crippen LogP contribution is 2.39. The third-order valence-electron chi connectivity index (χ3n) is 5.00. The van der Waals surface area contributed by atoms with Crippen LogP contribution in [0.1, 0.15) is 28.8 Å². The summed E-state index contributed by atoms with van der Waals surface area (Å²) in [5.74, 6) is -0.802. The number of ether oxygens (including phenoxy) is 2. The molecule has 2 aromatic carbocycles. The van der Waals surface area contributed by atoms with Crippen LogP contribution in [0.3, 0.4) is 0 Å². The molecule has 1 fully saturated rings. The summed E-state index contributed by atoms with van der Waals surface area (Å²) in [5, 5.41) is 2.74. The zero-order valence-corrected chi connectivity index (χ0v) is 19.4. The van der Waals surface area contributed by atoms with Crippen LogP contribution in [0.5, 0.6) is 0 Å². The first-order valence-corrected chi connectivity index (χ1v) is 10.8. The average Bonchev–Trinajstić information content (AvgIpc) is 2.75. The van der Waals surface area contributed by atoms with E-state index in [1.165, 1.54) is 25.3 Å². The van der Waals surface area contributed by atoms with Crippen LogP contribution in [0.4, 0.5) is 29.3 Å². The first kappa shape index (κ1) is 25.3. The van der Waals surface area contributed by atoms with Crippen molar-refractivity contribution in [2.24, 2.45) is 0 Å². The lowest BCUT2D eigenvalue weighted by Crippen LogP contribution is -2.39. The van der Waals surface area contributed by atoms with E-state index in [1.807, 2.05) is 0 Å². The molecule has 1 amide bonds. The number of piperidine rings is 1. The Balaban J connectivity index is 1.92. The van der Waals surface area contributed by atoms with Crippen LogP contribution in [0.2, 0.25) is 15.1 Å². The molecule has 0 atom stereocenters. The molecule has 0 aliphatic carbocycles. The van der Waals surface area contributed by atoms with Gasteiger partial charge in [-0.1, -0.05) is 34.8 Å². The van der Waals surface area contributed by atoms with Gasteiger partial charge in [0.2, 0.25) is 0 Å². The number of carbonyl (C=O) groups excluding carboxylic acids is 2. The fourth-order valence-electron chi connectivity index (χ4n) is 3.41. The molecule has 0 spiro atoms. The zero-order valence-electron chi connectivity index (χ0n) is 17.1. The second-order valence-electron chi connectivity index (χ2n) is 7.19. The average molecular weight is 526 g/mol. The summed E-state index contributed by atoms with van der Waals surface area (Å²) in [6, 6.07) is 5.84. The van der Waals surface area contributed by atoms with Gasteiger partial charge in [-0.05, 0) is 30.3 Å². The zero-order chi connectivity index (χ0) is 24.3. The molecule has 1 aliphatic heterocycles.